The number of benzene rings is 1. The fraction of sp³-hybridized carbons (Fsp3) is 0.333. The number of rotatable bonds is 5. The quantitative estimate of drug-likeness (QED) is 0.520. The lowest BCUT2D eigenvalue weighted by Crippen LogP contribution is -2.04. The van der Waals surface area contributed by atoms with Crippen molar-refractivity contribution in [3.63, 3.8) is 0 Å². The van der Waals surface area contributed by atoms with Crippen LogP contribution in [0.4, 0.5) is 0 Å². The number of carbonyl (C=O) groups is 1. The Hall–Kier alpha value is -1.75. The minimum absolute atomic E-state index is 0.256. The molecule has 20 heavy (non-hydrogen) atoms. The van der Waals surface area contributed by atoms with Crippen molar-refractivity contribution in [2.45, 2.75) is 25.4 Å². The summed E-state index contributed by atoms with van der Waals surface area (Å²) < 4.78 is 4.73. The number of methoxy groups -OCH3 is 1. The molecule has 1 heterocycles. The second-order valence-corrected chi connectivity index (χ2v) is 5.46. The van der Waals surface area contributed by atoms with Crippen molar-refractivity contribution in [2.75, 3.05) is 12.9 Å². The summed E-state index contributed by atoms with van der Waals surface area (Å²) in [6.07, 6.45) is 2.57. The topological polar surface area (TPSA) is 55.0 Å². The van der Waals surface area contributed by atoms with Crippen LogP contribution in [0.5, 0.6) is 0 Å². The molecule has 0 aliphatic carbocycles. The normalized spacial score (nSPS) is 11.8. The fourth-order valence-corrected chi connectivity index (χ4v) is 2.68. The summed E-state index contributed by atoms with van der Waals surface area (Å²) in [5, 5.41) is 0.863. The van der Waals surface area contributed by atoms with E-state index in [9.17, 15) is 4.79 Å². The van der Waals surface area contributed by atoms with Crippen molar-refractivity contribution in [1.82, 2.24) is 9.97 Å². The Morgan fingerprint density at radius 1 is 1.50 bits per heavy atom. The van der Waals surface area contributed by atoms with E-state index in [1.807, 2.05) is 25.1 Å². The summed E-state index contributed by atoms with van der Waals surface area (Å²) in [6.45, 7) is 4.00. The molecule has 2 rings (SSSR count). The molecule has 0 radical (unpaired) electrons. The van der Waals surface area contributed by atoms with Gasteiger partial charge in [-0.3, -0.25) is 0 Å². The molecule has 0 aliphatic heterocycles. The van der Waals surface area contributed by atoms with E-state index in [1.165, 1.54) is 12.7 Å². The number of aromatic nitrogens is 2. The first kappa shape index (κ1) is 14.7. The monoisotopic (exact) mass is 290 g/mol. The van der Waals surface area contributed by atoms with Gasteiger partial charge in [0.2, 0.25) is 0 Å². The molecule has 0 amide bonds. The number of esters is 1. The van der Waals surface area contributed by atoms with Crippen LogP contribution in [0.15, 0.2) is 35.0 Å². The molecule has 0 unspecified atom stereocenters. The van der Waals surface area contributed by atoms with E-state index < -0.39 is 0 Å². The molecule has 4 nitrogen and oxygen atoms in total. The zero-order valence-electron chi connectivity index (χ0n) is 11.9. The Morgan fingerprint density at radius 3 is 3.00 bits per heavy atom. The first-order valence-electron chi connectivity index (χ1n) is 6.50. The van der Waals surface area contributed by atoms with Crippen LogP contribution in [0.1, 0.15) is 18.9 Å². The smallest absolute Gasteiger partial charge is 0.333 e. The predicted molar refractivity (Wildman–Crippen MR) is 81.9 cm³/mol. The number of fused-ring (bicyclic) bond motifs is 1. The fourth-order valence-electron chi connectivity index (χ4n) is 1.89. The standard InChI is InChI=1S/C15H18N2O2S/c1-4-11(14(18)19-3)7-8-20-15-16-12-6-5-10(2)9-13(12)17-15/h5-7,9H,4,8H2,1-3H3,(H,16,17). The maximum absolute atomic E-state index is 11.4. The number of hydrogen-bond donors (Lipinski definition) is 1. The highest BCUT2D eigenvalue weighted by Crippen LogP contribution is 2.21. The molecular weight excluding hydrogens is 272 g/mol. The Balaban J connectivity index is 2.05. The summed E-state index contributed by atoms with van der Waals surface area (Å²) in [7, 11) is 1.40. The van der Waals surface area contributed by atoms with Crippen molar-refractivity contribution in [2.24, 2.45) is 0 Å². The van der Waals surface area contributed by atoms with E-state index in [-0.39, 0.29) is 5.97 Å². The number of aryl methyl sites for hydroxylation is 1. The highest BCUT2D eigenvalue weighted by molar-refractivity contribution is 7.99. The van der Waals surface area contributed by atoms with Gasteiger partial charge in [0.25, 0.3) is 0 Å². The molecule has 1 aromatic carbocycles. The van der Waals surface area contributed by atoms with Gasteiger partial charge in [0.05, 0.1) is 18.1 Å². The van der Waals surface area contributed by atoms with Crippen molar-refractivity contribution < 1.29 is 9.53 Å². The second-order valence-electron chi connectivity index (χ2n) is 4.45. The van der Waals surface area contributed by atoms with E-state index >= 15 is 0 Å². The van der Waals surface area contributed by atoms with Crippen LogP contribution in [0.25, 0.3) is 11.0 Å². The highest BCUT2D eigenvalue weighted by atomic mass is 32.2. The Kier molecular flexibility index (Phi) is 4.84. The van der Waals surface area contributed by atoms with Gasteiger partial charge in [-0.2, -0.15) is 0 Å². The molecule has 5 heteroatoms. The van der Waals surface area contributed by atoms with E-state index in [4.69, 9.17) is 4.74 Å². The molecule has 0 saturated carbocycles. The van der Waals surface area contributed by atoms with Crippen LogP contribution in [0.3, 0.4) is 0 Å². The van der Waals surface area contributed by atoms with Crippen molar-refractivity contribution >= 4 is 28.8 Å². The third-order valence-electron chi connectivity index (χ3n) is 2.99. The van der Waals surface area contributed by atoms with E-state index in [0.717, 1.165) is 16.2 Å². The van der Waals surface area contributed by atoms with Crippen LogP contribution in [0, 0.1) is 6.92 Å². The van der Waals surface area contributed by atoms with Crippen LogP contribution < -0.4 is 0 Å². The Morgan fingerprint density at radius 2 is 2.30 bits per heavy atom. The van der Waals surface area contributed by atoms with Gasteiger partial charge in [0.15, 0.2) is 5.16 Å². The van der Waals surface area contributed by atoms with Gasteiger partial charge in [-0.25, -0.2) is 9.78 Å². The lowest BCUT2D eigenvalue weighted by Gasteiger charge is -2.01. The van der Waals surface area contributed by atoms with Crippen LogP contribution in [-0.2, 0) is 9.53 Å². The summed E-state index contributed by atoms with van der Waals surface area (Å²) in [4.78, 5) is 19.2. The number of nitrogens with zero attached hydrogens (tertiary/aromatic N) is 1. The van der Waals surface area contributed by atoms with Gasteiger partial charge >= 0.3 is 5.97 Å². The molecule has 0 atom stereocenters. The first-order chi connectivity index (χ1) is 9.63. The van der Waals surface area contributed by atoms with Crippen molar-refractivity contribution in [1.29, 1.82) is 0 Å². The Labute approximate surface area is 122 Å². The van der Waals surface area contributed by atoms with Gasteiger partial charge in [0, 0.05) is 11.3 Å². The summed E-state index contributed by atoms with van der Waals surface area (Å²) in [6, 6.07) is 6.13. The SMILES string of the molecule is CCC(=CCSc1nc2ccc(C)cc2[nH]1)C(=O)OC. The minimum atomic E-state index is -0.256. The van der Waals surface area contributed by atoms with Gasteiger partial charge in [-0.1, -0.05) is 30.8 Å². The molecule has 0 bridgehead atoms. The second kappa shape index (κ2) is 6.61. The summed E-state index contributed by atoms with van der Waals surface area (Å²) in [5.41, 5.74) is 3.91. The average Bonchev–Trinajstić information content (AvgIpc) is 2.84. The Bertz CT molecular complexity index is 646. The van der Waals surface area contributed by atoms with E-state index in [2.05, 4.69) is 23.0 Å². The van der Waals surface area contributed by atoms with E-state index in [0.29, 0.717) is 17.7 Å². The lowest BCUT2D eigenvalue weighted by atomic mass is 10.2. The summed E-state index contributed by atoms with van der Waals surface area (Å²) in [5.74, 6) is 0.435. The van der Waals surface area contributed by atoms with Crippen molar-refractivity contribution in [3.05, 3.63) is 35.4 Å². The average molecular weight is 290 g/mol. The van der Waals surface area contributed by atoms with Crippen LogP contribution in [0.2, 0.25) is 0 Å². The maximum atomic E-state index is 11.4. The molecule has 0 fully saturated rings. The van der Waals surface area contributed by atoms with Crippen LogP contribution in [-0.4, -0.2) is 28.8 Å². The van der Waals surface area contributed by atoms with Crippen molar-refractivity contribution in [3.8, 4) is 0 Å². The number of thioether (sulfide) groups is 1. The largest absolute Gasteiger partial charge is 0.466 e. The highest BCUT2D eigenvalue weighted by Gasteiger charge is 2.07. The lowest BCUT2D eigenvalue weighted by molar-refractivity contribution is -0.136. The molecule has 2 aromatic rings. The third kappa shape index (κ3) is 3.42. The number of imidazole rings is 1. The molecule has 106 valence electrons. The summed E-state index contributed by atoms with van der Waals surface area (Å²) >= 11 is 1.57. The third-order valence-corrected chi connectivity index (χ3v) is 3.79. The van der Waals surface area contributed by atoms with Gasteiger partial charge < -0.3 is 9.72 Å². The molecule has 0 aliphatic rings. The number of ether oxygens (including phenoxy) is 1. The zero-order valence-corrected chi connectivity index (χ0v) is 12.7. The number of H-pyrrole nitrogens is 1. The maximum Gasteiger partial charge on any atom is 0.333 e. The number of hydrogen-bond acceptors (Lipinski definition) is 4. The number of nitrogens with one attached hydrogen (secondary N) is 1. The molecule has 1 aromatic heterocycles. The molecule has 0 spiro atoms. The molecule has 0 saturated heterocycles. The zero-order chi connectivity index (χ0) is 14.5. The first-order valence-corrected chi connectivity index (χ1v) is 7.49. The van der Waals surface area contributed by atoms with E-state index in [1.54, 1.807) is 11.8 Å². The number of aromatic amines is 1. The molecule has 1 N–H and O–H groups in total. The molecular formula is C15H18N2O2S. The van der Waals surface area contributed by atoms with Gasteiger partial charge in [0.1, 0.15) is 0 Å². The van der Waals surface area contributed by atoms with Crippen LogP contribution >= 0.6 is 11.8 Å². The van der Waals surface area contributed by atoms with Gasteiger partial charge in [-0.05, 0) is 31.0 Å². The minimum Gasteiger partial charge on any atom is -0.466 e. The van der Waals surface area contributed by atoms with Gasteiger partial charge in [-0.15, -0.1) is 0 Å². The number of carbonyl (C=O) groups excluding carboxylic acids is 1. The predicted octanol–water partition coefficient (Wildman–Crippen LogP) is 3.47.